The van der Waals surface area contributed by atoms with Gasteiger partial charge in [-0.15, -0.1) is 11.8 Å². The molecule has 0 fully saturated rings. The fourth-order valence-electron chi connectivity index (χ4n) is 0.830. The fraction of sp³-hybridized carbons (Fsp3) is 0.778. The molecule has 0 spiro atoms. The molecule has 0 unspecified atom stereocenters. The summed E-state index contributed by atoms with van der Waals surface area (Å²) in [7, 11) is 0. The second-order valence-corrected chi connectivity index (χ2v) is 7.49. The highest BCUT2D eigenvalue weighted by Gasteiger charge is 2.29. The van der Waals surface area contributed by atoms with Crippen molar-refractivity contribution < 1.29 is 4.79 Å². The smallest absolute Gasteiger partial charge is 0.236 e. The standard InChI is InChI=1S/C9H16N2O2S3/c1-4-15-8(14)16-9(2,3)7(12)10-5-6-11-13/h4-6H2,1-3H3,(H,10,12). The molecule has 0 aliphatic rings. The van der Waals surface area contributed by atoms with Crippen LogP contribution < -0.4 is 5.32 Å². The molecule has 92 valence electrons. The highest BCUT2D eigenvalue weighted by atomic mass is 32.2. The minimum atomic E-state index is -0.609. The van der Waals surface area contributed by atoms with Crippen molar-refractivity contribution in [3.8, 4) is 0 Å². The Kier molecular flexibility index (Phi) is 7.96. The number of nitrogens with one attached hydrogen (secondary N) is 1. The predicted octanol–water partition coefficient (Wildman–Crippen LogP) is 2.42. The normalized spacial score (nSPS) is 10.9. The lowest BCUT2D eigenvalue weighted by Crippen LogP contribution is -2.41. The molecule has 0 aromatic rings. The van der Waals surface area contributed by atoms with Gasteiger partial charge in [0.2, 0.25) is 5.91 Å². The van der Waals surface area contributed by atoms with Gasteiger partial charge < -0.3 is 5.32 Å². The lowest BCUT2D eigenvalue weighted by Gasteiger charge is -2.22. The molecule has 7 heteroatoms. The van der Waals surface area contributed by atoms with Crippen LogP contribution in [0.25, 0.3) is 0 Å². The molecule has 0 bridgehead atoms. The van der Waals surface area contributed by atoms with Crippen LogP contribution in [0.15, 0.2) is 5.18 Å². The third kappa shape index (κ3) is 6.44. The van der Waals surface area contributed by atoms with Crippen LogP contribution in [0.2, 0.25) is 0 Å². The fourth-order valence-corrected chi connectivity index (χ4v) is 3.84. The zero-order valence-corrected chi connectivity index (χ0v) is 12.1. The first-order chi connectivity index (χ1) is 7.44. The Balaban J connectivity index is 4.13. The molecule has 0 saturated carbocycles. The third-order valence-corrected chi connectivity index (χ3v) is 4.23. The molecule has 0 aliphatic carbocycles. The quantitative estimate of drug-likeness (QED) is 0.460. The maximum atomic E-state index is 11.7. The molecule has 0 rings (SSSR count). The van der Waals surface area contributed by atoms with Crippen LogP contribution in [0.1, 0.15) is 20.8 Å². The molecule has 16 heavy (non-hydrogen) atoms. The molecule has 4 nitrogen and oxygen atoms in total. The van der Waals surface area contributed by atoms with E-state index >= 15 is 0 Å². The summed E-state index contributed by atoms with van der Waals surface area (Å²) < 4.78 is 0.151. The van der Waals surface area contributed by atoms with Crippen molar-refractivity contribution in [3.05, 3.63) is 4.91 Å². The molecule has 0 aromatic heterocycles. The molecule has 0 aromatic carbocycles. The van der Waals surface area contributed by atoms with Gasteiger partial charge in [0.1, 0.15) is 3.53 Å². The first-order valence-corrected chi connectivity index (χ1v) is 7.08. The second-order valence-electron chi connectivity index (χ2n) is 3.40. The summed E-state index contributed by atoms with van der Waals surface area (Å²) in [4.78, 5) is 21.6. The van der Waals surface area contributed by atoms with E-state index in [1.54, 1.807) is 11.8 Å². The van der Waals surface area contributed by atoms with E-state index in [0.29, 0.717) is 0 Å². The Morgan fingerprint density at radius 1 is 1.50 bits per heavy atom. The first kappa shape index (κ1) is 15.9. The SMILES string of the molecule is CCSC(=S)SC(C)(C)C(=O)NCCN=O. The van der Waals surface area contributed by atoms with Gasteiger partial charge in [-0.05, 0) is 19.6 Å². The summed E-state index contributed by atoms with van der Waals surface area (Å²) in [6.45, 7) is 6.01. The van der Waals surface area contributed by atoms with Crippen LogP contribution in [0.3, 0.4) is 0 Å². The van der Waals surface area contributed by atoms with Crippen LogP contribution in [0.5, 0.6) is 0 Å². The predicted molar refractivity (Wildman–Crippen MR) is 76.1 cm³/mol. The van der Waals surface area contributed by atoms with E-state index in [1.165, 1.54) is 11.8 Å². The number of carbonyl (C=O) groups is 1. The van der Waals surface area contributed by atoms with Crippen LogP contribution in [-0.4, -0.2) is 33.0 Å². The number of thiocarbonyl (C=S) groups is 1. The molecule has 0 atom stereocenters. The van der Waals surface area contributed by atoms with E-state index in [9.17, 15) is 9.70 Å². The summed E-state index contributed by atoms with van der Waals surface area (Å²) >= 11 is 8.05. The number of nitrogens with zero attached hydrogens (tertiary/aromatic N) is 1. The molecular weight excluding hydrogens is 264 g/mol. The number of hydrogen-bond acceptors (Lipinski definition) is 6. The van der Waals surface area contributed by atoms with Crippen LogP contribution >= 0.6 is 35.7 Å². The highest BCUT2D eigenvalue weighted by molar-refractivity contribution is 8.47. The molecule has 0 heterocycles. The zero-order valence-electron chi connectivity index (χ0n) is 9.61. The van der Waals surface area contributed by atoms with Crippen LogP contribution in [0, 0.1) is 4.91 Å². The van der Waals surface area contributed by atoms with Gasteiger partial charge in [0.15, 0.2) is 0 Å². The minimum absolute atomic E-state index is 0.0979. The van der Waals surface area contributed by atoms with Gasteiger partial charge in [0, 0.05) is 6.54 Å². The number of amides is 1. The molecular formula is C9H16N2O2S3. The molecule has 0 saturated heterocycles. The van der Waals surface area contributed by atoms with Crippen molar-refractivity contribution in [1.29, 1.82) is 0 Å². The van der Waals surface area contributed by atoms with Gasteiger partial charge in [-0.25, -0.2) is 0 Å². The summed E-state index contributed by atoms with van der Waals surface area (Å²) in [5, 5.41) is 5.33. The number of rotatable bonds is 6. The van der Waals surface area contributed by atoms with Crippen molar-refractivity contribution in [3.63, 3.8) is 0 Å². The Hall–Kier alpha value is -0.140. The summed E-state index contributed by atoms with van der Waals surface area (Å²) in [5.41, 5.74) is 0. The summed E-state index contributed by atoms with van der Waals surface area (Å²) in [5.74, 6) is 0.777. The number of carbonyl (C=O) groups excluding carboxylic acids is 1. The lowest BCUT2D eigenvalue weighted by molar-refractivity contribution is -0.122. The summed E-state index contributed by atoms with van der Waals surface area (Å²) in [6, 6.07) is 0. The van der Waals surface area contributed by atoms with Crippen molar-refractivity contribution in [2.45, 2.75) is 25.5 Å². The Labute approximate surface area is 110 Å². The third-order valence-electron chi connectivity index (χ3n) is 1.64. The van der Waals surface area contributed by atoms with Crippen molar-refractivity contribution in [2.75, 3.05) is 18.8 Å². The van der Waals surface area contributed by atoms with Crippen LogP contribution in [-0.2, 0) is 4.79 Å². The van der Waals surface area contributed by atoms with Gasteiger partial charge in [0.25, 0.3) is 0 Å². The van der Waals surface area contributed by atoms with Gasteiger partial charge in [-0.1, -0.05) is 36.1 Å². The van der Waals surface area contributed by atoms with Crippen LogP contribution in [0.4, 0.5) is 0 Å². The van der Waals surface area contributed by atoms with E-state index in [-0.39, 0.29) is 19.0 Å². The summed E-state index contributed by atoms with van der Waals surface area (Å²) in [6.07, 6.45) is 0. The molecule has 1 N–H and O–H groups in total. The number of thioether (sulfide) groups is 2. The van der Waals surface area contributed by atoms with Gasteiger partial charge in [-0.3, -0.25) is 4.79 Å². The van der Waals surface area contributed by atoms with Crippen molar-refractivity contribution in [1.82, 2.24) is 5.32 Å². The van der Waals surface area contributed by atoms with E-state index < -0.39 is 4.75 Å². The Morgan fingerprint density at radius 3 is 2.62 bits per heavy atom. The average Bonchev–Trinajstić information content (AvgIpc) is 2.17. The number of hydrogen-bond donors (Lipinski definition) is 1. The highest BCUT2D eigenvalue weighted by Crippen LogP contribution is 2.30. The largest absolute Gasteiger partial charge is 0.353 e. The first-order valence-electron chi connectivity index (χ1n) is 4.87. The van der Waals surface area contributed by atoms with E-state index in [2.05, 4.69) is 10.5 Å². The van der Waals surface area contributed by atoms with E-state index in [1.807, 2.05) is 20.8 Å². The monoisotopic (exact) mass is 280 g/mol. The zero-order chi connectivity index (χ0) is 12.6. The minimum Gasteiger partial charge on any atom is -0.353 e. The molecule has 1 amide bonds. The Morgan fingerprint density at radius 2 is 2.12 bits per heavy atom. The lowest BCUT2D eigenvalue weighted by atomic mass is 10.2. The van der Waals surface area contributed by atoms with Gasteiger partial charge >= 0.3 is 0 Å². The van der Waals surface area contributed by atoms with Crippen molar-refractivity contribution in [2.24, 2.45) is 5.18 Å². The maximum absolute atomic E-state index is 11.7. The number of nitroso groups, excluding NO2 is 1. The average molecular weight is 280 g/mol. The Bertz CT molecular complexity index is 269. The molecule has 0 aliphatic heterocycles. The van der Waals surface area contributed by atoms with Gasteiger partial charge in [-0.2, -0.15) is 4.91 Å². The maximum Gasteiger partial charge on any atom is 0.236 e. The van der Waals surface area contributed by atoms with E-state index in [4.69, 9.17) is 12.2 Å². The van der Waals surface area contributed by atoms with Crippen molar-refractivity contribution >= 4 is 45.2 Å². The topological polar surface area (TPSA) is 58.5 Å². The van der Waals surface area contributed by atoms with Gasteiger partial charge in [0.05, 0.1) is 11.3 Å². The molecule has 0 radical (unpaired) electrons. The van der Waals surface area contributed by atoms with E-state index in [0.717, 1.165) is 9.28 Å². The second kappa shape index (κ2) is 8.03.